The highest BCUT2D eigenvalue weighted by Crippen LogP contribution is 2.06. The molecule has 0 aliphatic rings. The maximum atomic E-state index is 11.8. The van der Waals surface area contributed by atoms with E-state index in [0.29, 0.717) is 12.3 Å². The minimum atomic E-state index is -0.444. The molecular formula is C17H18ClNO2. The maximum Gasteiger partial charge on any atom is 0.407 e. The summed E-state index contributed by atoms with van der Waals surface area (Å²) in [6.07, 6.45) is 0.241. The van der Waals surface area contributed by atoms with Crippen molar-refractivity contribution in [1.82, 2.24) is 5.32 Å². The van der Waals surface area contributed by atoms with Gasteiger partial charge < -0.3 is 10.1 Å². The van der Waals surface area contributed by atoms with E-state index in [-0.39, 0.29) is 12.6 Å². The number of alkyl halides is 1. The molecule has 0 unspecified atom stereocenters. The average Bonchev–Trinajstić information content (AvgIpc) is 2.54. The number of rotatable bonds is 6. The Bertz CT molecular complexity index is 545. The van der Waals surface area contributed by atoms with Gasteiger partial charge in [-0.25, -0.2) is 4.79 Å². The Morgan fingerprint density at radius 1 is 1.00 bits per heavy atom. The molecule has 0 saturated heterocycles. The van der Waals surface area contributed by atoms with E-state index in [1.165, 1.54) is 0 Å². The van der Waals surface area contributed by atoms with Crippen molar-refractivity contribution in [3.05, 3.63) is 71.8 Å². The van der Waals surface area contributed by atoms with Gasteiger partial charge in [-0.1, -0.05) is 60.7 Å². The molecule has 0 aliphatic heterocycles. The maximum absolute atomic E-state index is 11.8. The third kappa shape index (κ3) is 5.48. The molecule has 2 aromatic rings. The molecule has 3 nitrogen and oxygen atoms in total. The van der Waals surface area contributed by atoms with Gasteiger partial charge >= 0.3 is 6.09 Å². The zero-order valence-electron chi connectivity index (χ0n) is 11.7. The van der Waals surface area contributed by atoms with Crippen LogP contribution in [0.4, 0.5) is 4.79 Å². The fourth-order valence-corrected chi connectivity index (χ4v) is 2.16. The number of nitrogens with one attached hydrogen (secondary N) is 1. The van der Waals surface area contributed by atoms with Crippen molar-refractivity contribution in [2.75, 3.05) is 5.88 Å². The number of carbonyl (C=O) groups is 1. The van der Waals surface area contributed by atoms with Gasteiger partial charge in [0.2, 0.25) is 0 Å². The first-order chi connectivity index (χ1) is 10.3. The lowest BCUT2D eigenvalue weighted by molar-refractivity contribution is 0.136. The minimum Gasteiger partial charge on any atom is -0.445 e. The van der Waals surface area contributed by atoms with Gasteiger partial charge in [-0.3, -0.25) is 0 Å². The standard InChI is InChI=1S/C17H18ClNO2/c18-12-16(11-14-7-3-1-4-8-14)19-17(20)21-13-15-9-5-2-6-10-15/h1-10,16H,11-13H2,(H,19,20)/t16-/m0/s1. The first-order valence-corrected chi connectivity index (χ1v) is 7.38. The smallest absolute Gasteiger partial charge is 0.407 e. The molecule has 21 heavy (non-hydrogen) atoms. The van der Waals surface area contributed by atoms with Gasteiger partial charge in [0, 0.05) is 11.9 Å². The predicted octanol–water partition coefficient (Wildman–Crippen LogP) is 3.76. The molecule has 0 heterocycles. The fraction of sp³-hybridized carbons (Fsp3) is 0.235. The van der Waals surface area contributed by atoms with Crippen molar-refractivity contribution in [3.63, 3.8) is 0 Å². The average molecular weight is 304 g/mol. The van der Waals surface area contributed by atoms with Crippen LogP contribution in [0.5, 0.6) is 0 Å². The molecule has 2 aromatic carbocycles. The van der Waals surface area contributed by atoms with Gasteiger partial charge in [-0.2, -0.15) is 0 Å². The summed E-state index contributed by atoms with van der Waals surface area (Å²) in [5.74, 6) is 0.343. The van der Waals surface area contributed by atoms with Crippen molar-refractivity contribution in [1.29, 1.82) is 0 Å². The molecule has 2 rings (SSSR count). The molecule has 1 atom stereocenters. The molecule has 0 saturated carbocycles. The van der Waals surface area contributed by atoms with Gasteiger partial charge in [-0.05, 0) is 17.5 Å². The number of carbonyl (C=O) groups excluding carboxylic acids is 1. The summed E-state index contributed by atoms with van der Waals surface area (Å²) in [6, 6.07) is 19.3. The fourth-order valence-electron chi connectivity index (χ4n) is 1.97. The van der Waals surface area contributed by atoms with E-state index in [1.807, 2.05) is 60.7 Å². The van der Waals surface area contributed by atoms with Gasteiger partial charge in [-0.15, -0.1) is 11.6 Å². The van der Waals surface area contributed by atoms with Crippen LogP contribution in [0.1, 0.15) is 11.1 Å². The van der Waals surface area contributed by atoms with Gasteiger partial charge in [0.1, 0.15) is 6.61 Å². The van der Waals surface area contributed by atoms with Crippen LogP contribution in [-0.2, 0) is 17.8 Å². The summed E-state index contributed by atoms with van der Waals surface area (Å²) < 4.78 is 5.19. The predicted molar refractivity (Wildman–Crippen MR) is 84.4 cm³/mol. The first kappa shape index (κ1) is 15.4. The van der Waals surface area contributed by atoms with Crippen LogP contribution in [0.3, 0.4) is 0 Å². The number of hydrogen-bond donors (Lipinski definition) is 1. The zero-order valence-corrected chi connectivity index (χ0v) is 12.4. The number of halogens is 1. The zero-order chi connectivity index (χ0) is 14.9. The molecule has 0 fully saturated rings. The Morgan fingerprint density at radius 2 is 1.57 bits per heavy atom. The molecular weight excluding hydrogens is 286 g/mol. The molecule has 1 N–H and O–H groups in total. The second-order valence-corrected chi connectivity index (χ2v) is 5.06. The van der Waals surface area contributed by atoms with Crippen LogP contribution in [0.15, 0.2) is 60.7 Å². The Balaban J connectivity index is 1.80. The molecule has 1 amide bonds. The highest BCUT2D eigenvalue weighted by molar-refractivity contribution is 6.18. The number of amides is 1. The van der Waals surface area contributed by atoms with Gasteiger partial charge in [0.05, 0.1) is 0 Å². The van der Waals surface area contributed by atoms with Crippen LogP contribution in [0, 0.1) is 0 Å². The summed E-state index contributed by atoms with van der Waals surface area (Å²) in [6.45, 7) is 0.257. The Kier molecular flexibility index (Phi) is 6.10. The summed E-state index contributed by atoms with van der Waals surface area (Å²) in [4.78, 5) is 11.8. The number of alkyl carbamates (subject to hydrolysis) is 1. The second kappa shape index (κ2) is 8.32. The van der Waals surface area contributed by atoms with Crippen LogP contribution >= 0.6 is 11.6 Å². The van der Waals surface area contributed by atoms with Crippen LogP contribution in [0.2, 0.25) is 0 Å². The lowest BCUT2D eigenvalue weighted by atomic mass is 10.1. The number of hydrogen-bond acceptors (Lipinski definition) is 2. The topological polar surface area (TPSA) is 38.3 Å². The summed E-state index contributed by atoms with van der Waals surface area (Å²) in [5, 5.41) is 2.79. The van der Waals surface area contributed by atoms with E-state index in [4.69, 9.17) is 16.3 Å². The molecule has 0 aromatic heterocycles. The van der Waals surface area contributed by atoms with E-state index in [2.05, 4.69) is 5.32 Å². The Labute approximate surface area is 129 Å². The van der Waals surface area contributed by atoms with E-state index < -0.39 is 6.09 Å². The Hall–Kier alpha value is -2.00. The summed E-state index contributed by atoms with van der Waals surface area (Å²) in [5.41, 5.74) is 2.09. The minimum absolute atomic E-state index is 0.141. The SMILES string of the molecule is O=C(N[C@H](CCl)Cc1ccccc1)OCc1ccccc1. The van der Waals surface area contributed by atoms with Gasteiger partial charge in [0.25, 0.3) is 0 Å². The van der Waals surface area contributed by atoms with Crippen molar-refractivity contribution < 1.29 is 9.53 Å². The van der Waals surface area contributed by atoms with Gasteiger partial charge in [0.15, 0.2) is 0 Å². The van der Waals surface area contributed by atoms with Crippen molar-refractivity contribution >= 4 is 17.7 Å². The molecule has 0 aliphatic carbocycles. The van der Waals surface area contributed by atoms with Crippen molar-refractivity contribution in [2.24, 2.45) is 0 Å². The normalized spacial score (nSPS) is 11.7. The number of ether oxygens (including phenoxy) is 1. The van der Waals surface area contributed by atoms with Crippen molar-refractivity contribution in [3.8, 4) is 0 Å². The highest BCUT2D eigenvalue weighted by atomic mass is 35.5. The van der Waals surface area contributed by atoms with Crippen LogP contribution in [-0.4, -0.2) is 18.0 Å². The quantitative estimate of drug-likeness (QED) is 0.825. The molecule has 110 valence electrons. The van der Waals surface area contributed by atoms with Crippen LogP contribution in [0.25, 0.3) is 0 Å². The van der Waals surface area contributed by atoms with E-state index in [0.717, 1.165) is 11.1 Å². The first-order valence-electron chi connectivity index (χ1n) is 6.85. The monoisotopic (exact) mass is 303 g/mol. The molecule has 0 radical (unpaired) electrons. The molecule has 4 heteroatoms. The number of benzene rings is 2. The third-order valence-electron chi connectivity index (χ3n) is 3.05. The van der Waals surface area contributed by atoms with E-state index in [9.17, 15) is 4.79 Å². The summed E-state index contributed by atoms with van der Waals surface area (Å²) >= 11 is 5.91. The largest absolute Gasteiger partial charge is 0.445 e. The Morgan fingerprint density at radius 3 is 2.14 bits per heavy atom. The van der Waals surface area contributed by atoms with Crippen LogP contribution < -0.4 is 5.32 Å². The molecule has 0 spiro atoms. The third-order valence-corrected chi connectivity index (χ3v) is 3.42. The summed E-state index contributed by atoms with van der Waals surface area (Å²) in [7, 11) is 0. The highest BCUT2D eigenvalue weighted by Gasteiger charge is 2.12. The second-order valence-electron chi connectivity index (χ2n) is 4.75. The van der Waals surface area contributed by atoms with E-state index in [1.54, 1.807) is 0 Å². The van der Waals surface area contributed by atoms with Crippen molar-refractivity contribution in [2.45, 2.75) is 19.1 Å². The van der Waals surface area contributed by atoms with E-state index >= 15 is 0 Å². The lowest BCUT2D eigenvalue weighted by Gasteiger charge is -2.16. The lowest BCUT2D eigenvalue weighted by Crippen LogP contribution is -2.38. The molecule has 0 bridgehead atoms.